The molecule has 0 aromatic heterocycles. The van der Waals surface area contributed by atoms with Crippen LogP contribution in [0.1, 0.15) is 45.4 Å². The van der Waals surface area contributed by atoms with Crippen molar-refractivity contribution < 1.29 is 14.6 Å². The van der Waals surface area contributed by atoms with Crippen LogP contribution in [-0.4, -0.2) is 23.3 Å². The quantitative estimate of drug-likeness (QED) is 0.588. The summed E-state index contributed by atoms with van der Waals surface area (Å²) in [6.07, 6.45) is 10.1. The van der Waals surface area contributed by atoms with E-state index in [4.69, 9.17) is 11.2 Å². The lowest BCUT2D eigenvalue weighted by molar-refractivity contribution is -0.180. The molecule has 3 atom stereocenters. The summed E-state index contributed by atoms with van der Waals surface area (Å²) in [6.45, 7) is 2.15. The van der Waals surface area contributed by atoms with Gasteiger partial charge in [-0.3, -0.25) is 4.79 Å². The van der Waals surface area contributed by atoms with Crippen molar-refractivity contribution in [1.29, 1.82) is 0 Å². The molecular formula is C14H20O3. The maximum absolute atomic E-state index is 12.2. The second kappa shape index (κ2) is 4.34. The molecule has 3 nitrogen and oxygen atoms in total. The Kier molecular flexibility index (Phi) is 3.18. The lowest BCUT2D eigenvalue weighted by Gasteiger charge is -2.45. The zero-order valence-corrected chi connectivity index (χ0v) is 10.4. The number of esters is 1. The Labute approximate surface area is 103 Å². The highest BCUT2D eigenvalue weighted by Gasteiger charge is 2.64. The van der Waals surface area contributed by atoms with E-state index in [0.717, 1.165) is 19.3 Å². The van der Waals surface area contributed by atoms with Gasteiger partial charge in [0.15, 0.2) is 0 Å². The Hall–Kier alpha value is -1.01. The van der Waals surface area contributed by atoms with Crippen LogP contribution in [-0.2, 0) is 9.53 Å². The van der Waals surface area contributed by atoms with E-state index in [2.05, 4.69) is 5.92 Å². The third-order valence-corrected chi connectivity index (χ3v) is 4.54. The van der Waals surface area contributed by atoms with Gasteiger partial charge in [0.1, 0.15) is 0 Å². The predicted molar refractivity (Wildman–Crippen MR) is 64.0 cm³/mol. The number of rotatable bonds is 2. The first kappa shape index (κ1) is 12.4. The highest BCUT2D eigenvalue weighted by Crippen LogP contribution is 2.58. The number of hydrogen-bond donors (Lipinski definition) is 1. The van der Waals surface area contributed by atoms with E-state index in [1.54, 1.807) is 6.92 Å². The summed E-state index contributed by atoms with van der Waals surface area (Å²) in [5.74, 6) is 2.22. The van der Waals surface area contributed by atoms with E-state index in [1.807, 2.05) is 0 Å². The summed E-state index contributed by atoms with van der Waals surface area (Å²) in [5, 5.41) is 10.9. The van der Waals surface area contributed by atoms with Crippen LogP contribution in [0, 0.1) is 23.7 Å². The Morgan fingerprint density at radius 2 is 2.18 bits per heavy atom. The molecule has 0 saturated heterocycles. The summed E-state index contributed by atoms with van der Waals surface area (Å²) in [6, 6.07) is 0. The molecule has 0 aliphatic heterocycles. The standard InChI is InChI=1S/C14H20O3/c1-3-11-7-10-13(12(15)17-4-2)8-5-6-9-14(11,13)16/h1,11,16H,4-10H2,2H3/t11-,13+,14+/m1/s1. The molecule has 1 N–H and O–H groups in total. The summed E-state index contributed by atoms with van der Waals surface area (Å²) in [7, 11) is 0. The van der Waals surface area contributed by atoms with E-state index in [0.29, 0.717) is 25.9 Å². The van der Waals surface area contributed by atoms with Crippen molar-refractivity contribution >= 4 is 5.97 Å². The van der Waals surface area contributed by atoms with Crippen molar-refractivity contribution in [2.75, 3.05) is 6.61 Å². The van der Waals surface area contributed by atoms with Crippen molar-refractivity contribution in [3.05, 3.63) is 0 Å². The van der Waals surface area contributed by atoms with Crippen LogP contribution in [0.3, 0.4) is 0 Å². The lowest BCUT2D eigenvalue weighted by Crippen LogP contribution is -2.55. The van der Waals surface area contributed by atoms with Crippen molar-refractivity contribution in [2.24, 2.45) is 11.3 Å². The minimum absolute atomic E-state index is 0.202. The number of ether oxygens (including phenoxy) is 1. The smallest absolute Gasteiger partial charge is 0.315 e. The topological polar surface area (TPSA) is 46.5 Å². The van der Waals surface area contributed by atoms with Gasteiger partial charge in [-0.25, -0.2) is 0 Å². The van der Waals surface area contributed by atoms with Crippen molar-refractivity contribution in [2.45, 2.75) is 51.0 Å². The van der Waals surface area contributed by atoms with Crippen LogP contribution in [0.15, 0.2) is 0 Å². The molecule has 94 valence electrons. The molecule has 2 aliphatic carbocycles. The Balaban J connectivity index is 2.36. The van der Waals surface area contributed by atoms with Gasteiger partial charge in [-0.05, 0) is 32.6 Å². The highest BCUT2D eigenvalue weighted by molar-refractivity contribution is 5.79. The molecular weight excluding hydrogens is 216 g/mol. The minimum Gasteiger partial charge on any atom is -0.465 e. The number of terminal acetylenes is 1. The van der Waals surface area contributed by atoms with E-state index < -0.39 is 11.0 Å². The zero-order valence-electron chi connectivity index (χ0n) is 10.4. The number of fused-ring (bicyclic) bond motifs is 1. The van der Waals surface area contributed by atoms with Gasteiger partial charge in [-0.15, -0.1) is 12.3 Å². The van der Waals surface area contributed by atoms with Gasteiger partial charge in [0, 0.05) is 5.92 Å². The third-order valence-electron chi connectivity index (χ3n) is 4.54. The molecule has 0 radical (unpaired) electrons. The first-order valence-corrected chi connectivity index (χ1v) is 6.46. The van der Waals surface area contributed by atoms with Gasteiger partial charge in [0.25, 0.3) is 0 Å². The fraction of sp³-hybridized carbons (Fsp3) is 0.786. The van der Waals surface area contributed by atoms with Crippen molar-refractivity contribution in [3.63, 3.8) is 0 Å². The monoisotopic (exact) mass is 236 g/mol. The predicted octanol–water partition coefficient (Wildman–Crippen LogP) is 1.88. The van der Waals surface area contributed by atoms with E-state index in [9.17, 15) is 9.90 Å². The molecule has 2 fully saturated rings. The van der Waals surface area contributed by atoms with Gasteiger partial charge in [-0.2, -0.15) is 0 Å². The molecule has 3 heteroatoms. The van der Waals surface area contributed by atoms with E-state index >= 15 is 0 Å². The average Bonchev–Trinajstić information content (AvgIpc) is 2.63. The van der Waals surface area contributed by atoms with E-state index in [-0.39, 0.29) is 11.9 Å². The molecule has 0 amide bonds. The molecule has 2 aliphatic rings. The molecule has 0 heterocycles. The Morgan fingerprint density at radius 3 is 2.82 bits per heavy atom. The second-order valence-corrected chi connectivity index (χ2v) is 5.19. The van der Waals surface area contributed by atoms with Crippen LogP contribution < -0.4 is 0 Å². The first-order chi connectivity index (χ1) is 8.10. The molecule has 2 rings (SSSR count). The highest BCUT2D eigenvalue weighted by atomic mass is 16.5. The first-order valence-electron chi connectivity index (χ1n) is 6.46. The SMILES string of the molecule is C#C[C@@H]1CC[C@]2(C(=O)OCC)CCCC[C@]12O. The fourth-order valence-corrected chi connectivity index (χ4v) is 3.63. The maximum atomic E-state index is 12.2. The Morgan fingerprint density at radius 1 is 1.47 bits per heavy atom. The summed E-state index contributed by atoms with van der Waals surface area (Å²) in [5.41, 5.74) is -1.77. The average molecular weight is 236 g/mol. The van der Waals surface area contributed by atoms with Gasteiger partial charge < -0.3 is 9.84 Å². The maximum Gasteiger partial charge on any atom is 0.315 e. The van der Waals surface area contributed by atoms with Crippen LogP contribution in [0.4, 0.5) is 0 Å². The fourth-order valence-electron chi connectivity index (χ4n) is 3.63. The molecule has 0 spiro atoms. The third kappa shape index (κ3) is 1.58. The molecule has 0 aromatic carbocycles. The van der Waals surface area contributed by atoms with Crippen molar-refractivity contribution in [1.82, 2.24) is 0 Å². The van der Waals surface area contributed by atoms with Gasteiger partial charge >= 0.3 is 5.97 Å². The van der Waals surface area contributed by atoms with E-state index in [1.165, 1.54) is 0 Å². The lowest BCUT2D eigenvalue weighted by atomic mass is 9.63. The minimum atomic E-state index is -1.04. The largest absolute Gasteiger partial charge is 0.465 e. The Bertz CT molecular complexity index is 357. The molecule has 0 bridgehead atoms. The normalized spacial score (nSPS) is 40.4. The summed E-state index contributed by atoms with van der Waals surface area (Å²) >= 11 is 0. The molecule has 2 saturated carbocycles. The summed E-state index contributed by atoms with van der Waals surface area (Å²) in [4.78, 5) is 12.2. The van der Waals surface area contributed by atoms with Crippen LogP contribution in [0.25, 0.3) is 0 Å². The van der Waals surface area contributed by atoms with Gasteiger partial charge in [-0.1, -0.05) is 12.8 Å². The van der Waals surface area contributed by atoms with Crippen LogP contribution in [0.2, 0.25) is 0 Å². The number of carbonyl (C=O) groups excluding carboxylic acids is 1. The second-order valence-electron chi connectivity index (χ2n) is 5.19. The number of aliphatic hydroxyl groups is 1. The zero-order chi connectivity index (χ0) is 12.5. The van der Waals surface area contributed by atoms with Gasteiger partial charge in [0.2, 0.25) is 0 Å². The molecule has 17 heavy (non-hydrogen) atoms. The summed E-state index contributed by atoms with van der Waals surface area (Å²) < 4.78 is 5.18. The van der Waals surface area contributed by atoms with Gasteiger partial charge in [0.05, 0.1) is 17.6 Å². The molecule has 0 aromatic rings. The number of hydrogen-bond acceptors (Lipinski definition) is 3. The van der Waals surface area contributed by atoms with Crippen LogP contribution >= 0.6 is 0 Å². The number of carbonyl (C=O) groups is 1. The van der Waals surface area contributed by atoms with Crippen molar-refractivity contribution in [3.8, 4) is 12.3 Å². The molecule has 0 unspecified atom stereocenters. The van der Waals surface area contributed by atoms with Crippen LogP contribution in [0.5, 0.6) is 0 Å².